The SMILES string of the molecule is COc1nnc2sc(C(=O)NC3CN(c4ncc(C(F)(F)F)cn4)C3)c(N)c2c1C. The van der Waals surface area contributed by atoms with Crippen LogP contribution in [0.4, 0.5) is 24.8 Å². The van der Waals surface area contributed by atoms with Gasteiger partial charge in [-0.25, -0.2) is 9.97 Å². The molecule has 1 saturated heterocycles. The van der Waals surface area contributed by atoms with E-state index < -0.39 is 11.7 Å². The van der Waals surface area contributed by atoms with Crippen LogP contribution in [0.2, 0.25) is 0 Å². The molecule has 30 heavy (non-hydrogen) atoms. The zero-order valence-corrected chi connectivity index (χ0v) is 16.6. The average Bonchev–Trinajstić information content (AvgIpc) is 3.01. The second-order valence-corrected chi connectivity index (χ2v) is 7.70. The molecule has 4 rings (SSSR count). The molecule has 1 amide bonds. The highest BCUT2D eigenvalue weighted by atomic mass is 32.1. The smallest absolute Gasteiger partial charge is 0.419 e. The highest BCUT2D eigenvalue weighted by Gasteiger charge is 2.34. The van der Waals surface area contributed by atoms with Crippen LogP contribution in [0.25, 0.3) is 10.2 Å². The molecule has 0 bridgehead atoms. The van der Waals surface area contributed by atoms with Gasteiger partial charge in [0.05, 0.1) is 24.4 Å². The zero-order valence-electron chi connectivity index (χ0n) is 15.8. The number of hydrogen-bond acceptors (Lipinski definition) is 9. The summed E-state index contributed by atoms with van der Waals surface area (Å²) in [6.45, 7) is 2.53. The maximum Gasteiger partial charge on any atom is 0.419 e. The second kappa shape index (κ2) is 7.23. The van der Waals surface area contributed by atoms with Crippen molar-refractivity contribution in [1.29, 1.82) is 0 Å². The molecule has 4 heterocycles. The molecule has 9 nitrogen and oxygen atoms in total. The average molecular weight is 439 g/mol. The van der Waals surface area contributed by atoms with Crippen molar-refractivity contribution in [2.75, 3.05) is 30.8 Å². The van der Waals surface area contributed by atoms with Gasteiger partial charge in [-0.1, -0.05) is 0 Å². The number of nitrogens with two attached hydrogens (primary N) is 1. The van der Waals surface area contributed by atoms with Crippen molar-refractivity contribution in [2.45, 2.75) is 19.1 Å². The number of thiophene rings is 1. The topological polar surface area (TPSA) is 119 Å². The summed E-state index contributed by atoms with van der Waals surface area (Å²) < 4.78 is 42.9. The fourth-order valence-electron chi connectivity index (χ4n) is 3.11. The Hall–Kier alpha value is -3.22. The van der Waals surface area contributed by atoms with Crippen LogP contribution >= 0.6 is 11.3 Å². The number of nitrogen functional groups attached to an aromatic ring is 1. The number of ether oxygens (including phenoxy) is 1. The first kappa shape index (κ1) is 20.1. The van der Waals surface area contributed by atoms with Crippen LogP contribution in [0.1, 0.15) is 20.8 Å². The number of aromatic nitrogens is 4. The third-order valence-electron chi connectivity index (χ3n) is 4.72. The number of anilines is 2. The predicted molar refractivity (Wildman–Crippen MR) is 104 cm³/mol. The molecule has 1 aliphatic heterocycles. The van der Waals surface area contributed by atoms with Crippen LogP contribution in [0.15, 0.2) is 12.4 Å². The van der Waals surface area contributed by atoms with Crippen molar-refractivity contribution in [3.8, 4) is 5.88 Å². The summed E-state index contributed by atoms with van der Waals surface area (Å²) in [5.41, 5.74) is 6.27. The van der Waals surface area contributed by atoms with Gasteiger partial charge in [0.25, 0.3) is 5.91 Å². The van der Waals surface area contributed by atoms with Crippen molar-refractivity contribution in [3.63, 3.8) is 0 Å². The number of methoxy groups -OCH3 is 1. The lowest BCUT2D eigenvalue weighted by molar-refractivity contribution is -0.138. The van der Waals surface area contributed by atoms with Gasteiger partial charge >= 0.3 is 6.18 Å². The first-order chi connectivity index (χ1) is 14.2. The van der Waals surface area contributed by atoms with Gasteiger partial charge in [-0.05, 0) is 6.92 Å². The summed E-state index contributed by atoms with van der Waals surface area (Å²) in [5.74, 6) is 0.157. The lowest BCUT2D eigenvalue weighted by Gasteiger charge is -2.39. The van der Waals surface area contributed by atoms with Crippen LogP contribution in [0, 0.1) is 6.92 Å². The minimum Gasteiger partial charge on any atom is -0.480 e. The monoisotopic (exact) mass is 439 g/mol. The highest BCUT2D eigenvalue weighted by molar-refractivity contribution is 7.21. The molecule has 0 atom stereocenters. The van der Waals surface area contributed by atoms with E-state index in [-0.39, 0.29) is 17.9 Å². The Morgan fingerprint density at radius 2 is 1.97 bits per heavy atom. The minimum absolute atomic E-state index is 0.174. The van der Waals surface area contributed by atoms with Crippen molar-refractivity contribution in [2.24, 2.45) is 0 Å². The number of hydrogen-bond donors (Lipinski definition) is 2. The molecule has 0 spiro atoms. The summed E-state index contributed by atoms with van der Waals surface area (Å²) in [6, 6.07) is -0.213. The van der Waals surface area contributed by atoms with Gasteiger partial charge in [0.1, 0.15) is 9.71 Å². The van der Waals surface area contributed by atoms with E-state index in [0.717, 1.165) is 23.7 Å². The predicted octanol–water partition coefficient (Wildman–Crippen LogP) is 2.02. The number of nitrogens with zero attached hydrogens (tertiary/aromatic N) is 5. The first-order valence-corrected chi connectivity index (χ1v) is 9.55. The lowest BCUT2D eigenvalue weighted by atomic mass is 10.1. The molecule has 3 aromatic heterocycles. The number of alkyl halides is 3. The molecule has 0 radical (unpaired) electrons. The number of aryl methyl sites for hydroxylation is 1. The molecule has 158 valence electrons. The van der Waals surface area contributed by atoms with Gasteiger partial charge in [0, 0.05) is 36.4 Å². The first-order valence-electron chi connectivity index (χ1n) is 8.73. The normalized spacial score (nSPS) is 14.6. The molecule has 1 fully saturated rings. The van der Waals surface area contributed by atoms with Crippen LogP contribution in [-0.2, 0) is 6.18 Å². The van der Waals surface area contributed by atoms with Gasteiger partial charge in [-0.2, -0.15) is 13.2 Å². The van der Waals surface area contributed by atoms with Crippen molar-refractivity contribution in [1.82, 2.24) is 25.5 Å². The number of rotatable bonds is 4. The summed E-state index contributed by atoms with van der Waals surface area (Å²) >= 11 is 1.13. The maximum atomic E-state index is 12.7. The maximum absolute atomic E-state index is 12.7. The fraction of sp³-hybridized carbons (Fsp3) is 0.353. The van der Waals surface area contributed by atoms with Crippen molar-refractivity contribution in [3.05, 3.63) is 28.4 Å². The van der Waals surface area contributed by atoms with Gasteiger partial charge in [0.2, 0.25) is 11.8 Å². The lowest BCUT2D eigenvalue weighted by Crippen LogP contribution is -2.59. The fourth-order valence-corrected chi connectivity index (χ4v) is 4.12. The molecule has 0 unspecified atom stereocenters. The standard InChI is InChI=1S/C17H16F3N7O2S/c1-7-10-11(21)12(30-15(10)26-25-14(7)29-2)13(28)24-9-5-27(6-9)16-22-3-8(4-23-16)17(18,19)20/h3-4,9H,5-6,21H2,1-2H3,(H,24,28). The molecular weight excluding hydrogens is 423 g/mol. The van der Waals surface area contributed by atoms with Crippen LogP contribution in [0.5, 0.6) is 5.88 Å². The summed E-state index contributed by atoms with van der Waals surface area (Å²) in [5, 5.41) is 11.5. The molecule has 0 aliphatic carbocycles. The van der Waals surface area contributed by atoms with Crippen LogP contribution < -0.4 is 20.7 Å². The largest absolute Gasteiger partial charge is 0.480 e. The van der Waals surface area contributed by atoms with E-state index in [4.69, 9.17) is 10.5 Å². The molecular formula is C17H16F3N7O2S. The van der Waals surface area contributed by atoms with E-state index in [9.17, 15) is 18.0 Å². The van der Waals surface area contributed by atoms with E-state index in [1.807, 2.05) is 0 Å². The Kier molecular flexibility index (Phi) is 4.84. The summed E-state index contributed by atoms with van der Waals surface area (Å²) in [6.07, 6.45) is -3.01. The van der Waals surface area contributed by atoms with Gasteiger partial charge in [-0.3, -0.25) is 4.79 Å². The van der Waals surface area contributed by atoms with Gasteiger partial charge in [0.15, 0.2) is 0 Å². The third kappa shape index (κ3) is 3.44. The quantitative estimate of drug-likeness (QED) is 0.634. The van der Waals surface area contributed by atoms with Crippen molar-refractivity contribution < 1.29 is 22.7 Å². The number of fused-ring (bicyclic) bond motifs is 1. The Labute approximate surface area is 172 Å². The van der Waals surface area contributed by atoms with E-state index in [2.05, 4.69) is 25.5 Å². The molecule has 13 heteroatoms. The Morgan fingerprint density at radius 1 is 1.30 bits per heavy atom. The van der Waals surface area contributed by atoms with Gasteiger partial charge in [-0.15, -0.1) is 21.5 Å². The number of nitrogens with one attached hydrogen (secondary N) is 1. The van der Waals surface area contributed by atoms with Crippen molar-refractivity contribution >= 4 is 39.1 Å². The molecule has 0 aromatic carbocycles. The number of amides is 1. The van der Waals surface area contributed by atoms with Gasteiger partial charge < -0.3 is 20.7 Å². The number of carbonyl (C=O) groups excluding carboxylic acids is 1. The Morgan fingerprint density at radius 3 is 2.57 bits per heavy atom. The highest BCUT2D eigenvalue weighted by Crippen LogP contribution is 2.36. The van der Waals surface area contributed by atoms with E-state index in [1.54, 1.807) is 11.8 Å². The number of halogens is 3. The zero-order chi connectivity index (χ0) is 21.6. The Balaban J connectivity index is 1.43. The molecule has 3 N–H and O–H groups in total. The van der Waals surface area contributed by atoms with Crippen LogP contribution in [0.3, 0.4) is 0 Å². The second-order valence-electron chi connectivity index (χ2n) is 6.70. The minimum atomic E-state index is -4.49. The van der Waals surface area contributed by atoms with E-state index >= 15 is 0 Å². The molecule has 1 aliphatic rings. The Bertz CT molecular complexity index is 1110. The summed E-state index contributed by atoms with van der Waals surface area (Å²) in [7, 11) is 1.47. The number of carbonyl (C=O) groups is 1. The van der Waals surface area contributed by atoms with Crippen LogP contribution in [-0.4, -0.2) is 52.3 Å². The summed E-state index contributed by atoms with van der Waals surface area (Å²) in [4.78, 5) is 22.7. The molecule has 0 saturated carbocycles. The van der Waals surface area contributed by atoms with E-state index in [1.165, 1.54) is 7.11 Å². The molecule has 3 aromatic rings. The van der Waals surface area contributed by atoms with E-state index in [0.29, 0.717) is 45.3 Å². The third-order valence-corrected chi connectivity index (χ3v) is 5.81.